The molecule has 20 heavy (non-hydrogen) atoms. The number of carbonyl (C=O) groups excluding carboxylic acids is 1. The molecule has 1 fully saturated rings. The molecule has 6 heteroatoms. The Morgan fingerprint density at radius 1 is 1.40 bits per heavy atom. The molecule has 0 bridgehead atoms. The number of nitrogens with zero attached hydrogens (tertiary/aromatic N) is 2. The molecule has 110 valence electrons. The molecule has 1 atom stereocenters. The molecule has 1 saturated heterocycles. The summed E-state index contributed by atoms with van der Waals surface area (Å²) in [6, 6.07) is 3.09. The number of hydrogen-bond donors (Lipinski definition) is 1. The van der Waals surface area contributed by atoms with E-state index in [-0.39, 0.29) is 23.9 Å². The Morgan fingerprint density at radius 3 is 2.85 bits per heavy atom. The van der Waals surface area contributed by atoms with Crippen molar-refractivity contribution in [3.8, 4) is 0 Å². The first-order chi connectivity index (χ1) is 9.51. The molecule has 2 N–H and O–H groups in total. The van der Waals surface area contributed by atoms with Gasteiger partial charge in [-0.3, -0.25) is 4.79 Å². The quantitative estimate of drug-likeness (QED) is 0.884. The van der Waals surface area contributed by atoms with Crippen LogP contribution >= 0.6 is 0 Å². The number of halogens is 2. The minimum atomic E-state index is -0.557. The van der Waals surface area contributed by atoms with Crippen LogP contribution in [0.25, 0.3) is 0 Å². The van der Waals surface area contributed by atoms with Gasteiger partial charge in [0.2, 0.25) is 5.91 Å². The second-order valence-corrected chi connectivity index (χ2v) is 5.15. The second kappa shape index (κ2) is 6.28. The molecule has 2 rings (SSSR count). The smallest absolute Gasteiger partial charge is 0.227 e. The van der Waals surface area contributed by atoms with Gasteiger partial charge in [-0.25, -0.2) is 8.78 Å². The molecule has 0 aliphatic carbocycles. The summed E-state index contributed by atoms with van der Waals surface area (Å²) in [5, 5.41) is 0. The van der Waals surface area contributed by atoms with Crippen LogP contribution < -0.4 is 5.73 Å². The minimum absolute atomic E-state index is 0.0714. The molecule has 0 spiro atoms. The largest absolute Gasteiger partial charge is 0.336 e. The molecule has 1 aromatic rings. The van der Waals surface area contributed by atoms with Crippen LogP contribution in [0.2, 0.25) is 0 Å². The van der Waals surface area contributed by atoms with E-state index in [1.54, 1.807) is 4.90 Å². The first kappa shape index (κ1) is 14.9. The van der Waals surface area contributed by atoms with E-state index in [4.69, 9.17) is 5.73 Å². The maximum absolute atomic E-state index is 13.6. The Labute approximate surface area is 117 Å². The summed E-state index contributed by atoms with van der Waals surface area (Å²) in [7, 11) is 1.97. The fourth-order valence-electron chi connectivity index (χ4n) is 2.48. The van der Waals surface area contributed by atoms with Crippen LogP contribution in [-0.4, -0.2) is 55.0 Å². The number of rotatable bonds is 3. The molecule has 1 amide bonds. The highest BCUT2D eigenvalue weighted by molar-refractivity contribution is 5.79. The summed E-state index contributed by atoms with van der Waals surface area (Å²) in [5.41, 5.74) is 5.77. The van der Waals surface area contributed by atoms with E-state index in [2.05, 4.69) is 4.90 Å². The highest BCUT2D eigenvalue weighted by atomic mass is 19.1. The lowest BCUT2D eigenvalue weighted by molar-refractivity contribution is -0.134. The highest BCUT2D eigenvalue weighted by Gasteiger charge is 2.28. The Kier molecular flexibility index (Phi) is 4.67. The third-order valence-corrected chi connectivity index (χ3v) is 3.63. The van der Waals surface area contributed by atoms with Gasteiger partial charge < -0.3 is 15.5 Å². The third kappa shape index (κ3) is 3.32. The van der Waals surface area contributed by atoms with Crippen molar-refractivity contribution in [2.24, 2.45) is 5.73 Å². The Bertz CT molecular complexity index is 495. The lowest BCUT2D eigenvalue weighted by Crippen LogP contribution is -2.57. The maximum Gasteiger partial charge on any atom is 0.227 e. The van der Waals surface area contributed by atoms with E-state index >= 15 is 0 Å². The average molecular weight is 283 g/mol. The monoisotopic (exact) mass is 283 g/mol. The van der Waals surface area contributed by atoms with E-state index < -0.39 is 11.6 Å². The molecule has 1 aromatic carbocycles. The van der Waals surface area contributed by atoms with Crippen molar-refractivity contribution in [3.63, 3.8) is 0 Å². The van der Waals surface area contributed by atoms with Crippen LogP contribution in [0, 0.1) is 11.6 Å². The predicted molar refractivity (Wildman–Crippen MR) is 72.1 cm³/mol. The van der Waals surface area contributed by atoms with Gasteiger partial charge in [0, 0.05) is 31.7 Å². The van der Waals surface area contributed by atoms with Crippen molar-refractivity contribution >= 4 is 5.91 Å². The van der Waals surface area contributed by atoms with Crippen LogP contribution in [0.4, 0.5) is 8.78 Å². The van der Waals surface area contributed by atoms with Crippen molar-refractivity contribution in [2.75, 3.05) is 33.2 Å². The number of piperazine rings is 1. The topological polar surface area (TPSA) is 49.6 Å². The Morgan fingerprint density at radius 2 is 2.15 bits per heavy atom. The van der Waals surface area contributed by atoms with Crippen LogP contribution in [0.3, 0.4) is 0 Å². The lowest BCUT2D eigenvalue weighted by atomic mass is 10.1. The summed E-state index contributed by atoms with van der Waals surface area (Å²) in [5.74, 6) is -1.31. The fraction of sp³-hybridized carbons (Fsp3) is 0.500. The zero-order chi connectivity index (χ0) is 14.7. The van der Waals surface area contributed by atoms with Gasteiger partial charge in [0.15, 0.2) is 0 Å². The molecule has 0 radical (unpaired) electrons. The van der Waals surface area contributed by atoms with Gasteiger partial charge in [-0.1, -0.05) is 0 Å². The van der Waals surface area contributed by atoms with E-state index in [1.807, 2.05) is 7.05 Å². The first-order valence-electron chi connectivity index (χ1n) is 6.63. The first-order valence-corrected chi connectivity index (χ1v) is 6.63. The SMILES string of the molecule is CN1CCN(C(=O)Cc2cc(F)ccc2F)[C@H](CN)C1. The second-order valence-electron chi connectivity index (χ2n) is 5.15. The molecule has 0 saturated carbocycles. The zero-order valence-corrected chi connectivity index (χ0v) is 11.5. The van der Waals surface area contributed by atoms with Crippen molar-refractivity contribution in [1.82, 2.24) is 9.80 Å². The molecule has 1 heterocycles. The molecule has 0 aromatic heterocycles. The van der Waals surface area contributed by atoms with Gasteiger partial charge >= 0.3 is 0 Å². The highest BCUT2D eigenvalue weighted by Crippen LogP contribution is 2.14. The van der Waals surface area contributed by atoms with Crippen LogP contribution in [-0.2, 0) is 11.2 Å². The van der Waals surface area contributed by atoms with Gasteiger partial charge in [-0.2, -0.15) is 0 Å². The predicted octanol–water partition coefficient (Wildman–Crippen LogP) is 0.609. The number of amides is 1. The zero-order valence-electron chi connectivity index (χ0n) is 11.5. The summed E-state index contributed by atoms with van der Waals surface area (Å²) in [6.45, 7) is 2.39. The van der Waals surface area contributed by atoms with Crippen molar-refractivity contribution in [3.05, 3.63) is 35.4 Å². The Hall–Kier alpha value is -1.53. The fourth-order valence-corrected chi connectivity index (χ4v) is 2.48. The third-order valence-electron chi connectivity index (χ3n) is 3.63. The summed E-state index contributed by atoms with van der Waals surface area (Å²) < 4.78 is 26.7. The van der Waals surface area contributed by atoms with E-state index in [1.165, 1.54) is 0 Å². The van der Waals surface area contributed by atoms with Gasteiger partial charge in [0.25, 0.3) is 0 Å². The molecule has 1 aliphatic heterocycles. The normalized spacial score (nSPS) is 20.2. The summed E-state index contributed by atoms with van der Waals surface area (Å²) in [4.78, 5) is 16.0. The van der Waals surface area contributed by atoms with E-state index in [0.717, 1.165) is 24.7 Å². The van der Waals surface area contributed by atoms with Crippen molar-refractivity contribution < 1.29 is 13.6 Å². The van der Waals surface area contributed by atoms with Crippen molar-refractivity contribution in [1.29, 1.82) is 0 Å². The minimum Gasteiger partial charge on any atom is -0.336 e. The lowest BCUT2D eigenvalue weighted by Gasteiger charge is -2.39. The van der Waals surface area contributed by atoms with Gasteiger partial charge in [0.1, 0.15) is 11.6 Å². The standard InChI is InChI=1S/C14H19F2N3O/c1-18-4-5-19(12(8-17)9-18)14(20)7-10-6-11(15)2-3-13(10)16/h2-3,6,12H,4-5,7-9,17H2,1H3/t12-/m1/s1. The number of carbonyl (C=O) groups is 1. The average Bonchev–Trinajstić information content (AvgIpc) is 2.42. The molecule has 4 nitrogen and oxygen atoms in total. The van der Waals surface area contributed by atoms with Crippen molar-refractivity contribution in [2.45, 2.75) is 12.5 Å². The number of nitrogens with two attached hydrogens (primary N) is 1. The maximum atomic E-state index is 13.6. The van der Waals surface area contributed by atoms with Crippen LogP contribution in [0.15, 0.2) is 18.2 Å². The van der Waals surface area contributed by atoms with Gasteiger partial charge in [0.05, 0.1) is 12.5 Å². The molecular formula is C14H19F2N3O. The number of benzene rings is 1. The molecule has 0 unspecified atom stereocenters. The molecular weight excluding hydrogens is 264 g/mol. The summed E-state index contributed by atoms with van der Waals surface area (Å²) >= 11 is 0. The Balaban J connectivity index is 2.09. The number of likely N-dealkylation sites (N-methyl/N-ethyl adjacent to an activating group) is 1. The van der Waals surface area contributed by atoms with Crippen LogP contribution in [0.1, 0.15) is 5.56 Å². The van der Waals surface area contributed by atoms with Gasteiger partial charge in [-0.15, -0.1) is 0 Å². The number of hydrogen-bond acceptors (Lipinski definition) is 3. The van der Waals surface area contributed by atoms with Gasteiger partial charge in [-0.05, 0) is 25.2 Å². The van der Waals surface area contributed by atoms with Crippen LogP contribution in [0.5, 0.6) is 0 Å². The molecule has 1 aliphatic rings. The van der Waals surface area contributed by atoms with E-state index in [0.29, 0.717) is 19.6 Å². The van der Waals surface area contributed by atoms with E-state index in [9.17, 15) is 13.6 Å². The summed E-state index contributed by atoms with van der Waals surface area (Å²) in [6.07, 6.45) is -0.135.